The summed E-state index contributed by atoms with van der Waals surface area (Å²) in [6.45, 7) is 0.469. The standard InChI is InChI=1S/C16H20N2O2/c19-14-16(10-5-2-6-11-16)17-15(20)18(14)12-9-13-7-3-1-4-8-13/h1,3-4,7-8H,2,5-6,9-12H2,(H,17,20). The van der Waals surface area contributed by atoms with Crippen LogP contribution < -0.4 is 5.32 Å². The van der Waals surface area contributed by atoms with Crippen molar-refractivity contribution in [3.8, 4) is 0 Å². The van der Waals surface area contributed by atoms with Gasteiger partial charge in [-0.25, -0.2) is 4.79 Å². The summed E-state index contributed by atoms with van der Waals surface area (Å²) in [5.74, 6) is -0.0156. The Kier molecular flexibility index (Phi) is 3.47. The number of carbonyl (C=O) groups excluding carboxylic acids is 2. The van der Waals surface area contributed by atoms with Crippen LogP contribution in [0.3, 0.4) is 0 Å². The van der Waals surface area contributed by atoms with Crippen LogP contribution in [0.15, 0.2) is 30.3 Å². The van der Waals surface area contributed by atoms with E-state index >= 15 is 0 Å². The molecule has 0 unspecified atom stereocenters. The van der Waals surface area contributed by atoms with Crippen molar-refractivity contribution in [1.82, 2.24) is 10.2 Å². The van der Waals surface area contributed by atoms with Gasteiger partial charge in [0.25, 0.3) is 5.91 Å². The lowest BCUT2D eigenvalue weighted by Gasteiger charge is -2.30. The zero-order valence-electron chi connectivity index (χ0n) is 11.6. The molecule has 4 heteroatoms. The molecule has 3 amide bonds. The Bertz CT molecular complexity index is 506. The van der Waals surface area contributed by atoms with E-state index < -0.39 is 5.54 Å². The second kappa shape index (κ2) is 5.27. The molecule has 1 aliphatic heterocycles. The van der Waals surface area contributed by atoms with Gasteiger partial charge in [-0.15, -0.1) is 0 Å². The fourth-order valence-corrected chi connectivity index (χ4v) is 3.26. The highest BCUT2D eigenvalue weighted by Gasteiger charge is 2.50. The monoisotopic (exact) mass is 272 g/mol. The smallest absolute Gasteiger partial charge is 0.323 e. The highest BCUT2D eigenvalue weighted by Crippen LogP contribution is 2.33. The topological polar surface area (TPSA) is 49.4 Å². The van der Waals surface area contributed by atoms with Gasteiger partial charge in [0.2, 0.25) is 0 Å². The second-order valence-electron chi connectivity index (χ2n) is 5.77. The number of carbonyl (C=O) groups is 2. The summed E-state index contributed by atoms with van der Waals surface area (Å²) in [5.41, 5.74) is 0.559. The fraction of sp³-hybridized carbons (Fsp3) is 0.500. The van der Waals surface area contributed by atoms with Gasteiger partial charge in [0, 0.05) is 6.54 Å². The third-order valence-corrected chi connectivity index (χ3v) is 4.42. The lowest BCUT2D eigenvalue weighted by Crippen LogP contribution is -2.48. The predicted molar refractivity (Wildman–Crippen MR) is 76.2 cm³/mol. The maximum absolute atomic E-state index is 12.6. The summed E-state index contributed by atoms with van der Waals surface area (Å²) in [6, 6.07) is 9.75. The first kappa shape index (κ1) is 13.2. The summed E-state index contributed by atoms with van der Waals surface area (Å²) in [5, 5.41) is 2.94. The molecule has 1 N–H and O–H groups in total. The fourth-order valence-electron chi connectivity index (χ4n) is 3.26. The average Bonchev–Trinajstić information content (AvgIpc) is 2.70. The molecule has 1 saturated carbocycles. The van der Waals surface area contributed by atoms with Crippen LogP contribution in [0.25, 0.3) is 0 Å². The summed E-state index contributed by atoms with van der Waals surface area (Å²) in [4.78, 5) is 26.0. The average molecular weight is 272 g/mol. The summed E-state index contributed by atoms with van der Waals surface area (Å²) in [6.07, 6.45) is 5.51. The highest BCUT2D eigenvalue weighted by molar-refractivity contribution is 6.07. The molecule has 1 saturated heterocycles. The minimum absolute atomic E-state index is 0.0156. The molecule has 0 bridgehead atoms. The van der Waals surface area contributed by atoms with Crippen LogP contribution in [0.5, 0.6) is 0 Å². The number of rotatable bonds is 3. The van der Waals surface area contributed by atoms with Crippen LogP contribution in [0.2, 0.25) is 0 Å². The van der Waals surface area contributed by atoms with Gasteiger partial charge in [-0.1, -0.05) is 49.6 Å². The van der Waals surface area contributed by atoms with Crippen molar-refractivity contribution in [3.05, 3.63) is 35.9 Å². The number of hydrogen-bond acceptors (Lipinski definition) is 2. The number of nitrogens with zero attached hydrogens (tertiary/aromatic N) is 1. The minimum atomic E-state index is -0.591. The lowest BCUT2D eigenvalue weighted by molar-refractivity contribution is -0.132. The summed E-state index contributed by atoms with van der Waals surface area (Å²) < 4.78 is 0. The van der Waals surface area contributed by atoms with Crippen LogP contribution in [0.1, 0.15) is 37.7 Å². The van der Waals surface area contributed by atoms with Crippen LogP contribution in [0, 0.1) is 0 Å². The van der Waals surface area contributed by atoms with Crippen molar-refractivity contribution in [2.75, 3.05) is 6.54 Å². The van der Waals surface area contributed by atoms with Gasteiger partial charge in [0.05, 0.1) is 0 Å². The third kappa shape index (κ3) is 2.30. The van der Waals surface area contributed by atoms with Crippen molar-refractivity contribution in [2.45, 2.75) is 44.1 Å². The van der Waals surface area contributed by atoms with E-state index in [2.05, 4.69) is 5.32 Å². The van der Waals surface area contributed by atoms with E-state index in [4.69, 9.17) is 0 Å². The number of imide groups is 1. The highest BCUT2D eigenvalue weighted by atomic mass is 16.2. The first-order valence-corrected chi connectivity index (χ1v) is 7.39. The molecule has 1 aromatic carbocycles. The number of benzene rings is 1. The van der Waals surface area contributed by atoms with Gasteiger partial charge in [-0.2, -0.15) is 0 Å². The normalized spacial score (nSPS) is 21.3. The molecule has 2 aliphatic rings. The molecule has 0 atom stereocenters. The van der Waals surface area contributed by atoms with E-state index in [9.17, 15) is 9.59 Å². The van der Waals surface area contributed by atoms with Gasteiger partial charge in [0.15, 0.2) is 0 Å². The van der Waals surface area contributed by atoms with E-state index in [0.29, 0.717) is 6.54 Å². The molecular formula is C16H20N2O2. The molecule has 0 aromatic heterocycles. The Labute approximate surface area is 119 Å². The first-order valence-electron chi connectivity index (χ1n) is 7.39. The maximum atomic E-state index is 12.6. The van der Waals surface area contributed by atoms with Crippen molar-refractivity contribution < 1.29 is 9.59 Å². The van der Waals surface area contributed by atoms with E-state index in [1.807, 2.05) is 30.3 Å². The molecule has 4 nitrogen and oxygen atoms in total. The zero-order chi connectivity index (χ0) is 14.0. The van der Waals surface area contributed by atoms with Crippen molar-refractivity contribution >= 4 is 11.9 Å². The van der Waals surface area contributed by atoms with Gasteiger partial charge >= 0.3 is 6.03 Å². The zero-order valence-corrected chi connectivity index (χ0v) is 11.6. The van der Waals surface area contributed by atoms with Gasteiger partial charge in [0.1, 0.15) is 5.54 Å². The van der Waals surface area contributed by atoms with Crippen molar-refractivity contribution in [1.29, 1.82) is 0 Å². The maximum Gasteiger partial charge on any atom is 0.325 e. The molecule has 3 rings (SSSR count). The van der Waals surface area contributed by atoms with Crippen LogP contribution in [-0.2, 0) is 11.2 Å². The Morgan fingerprint density at radius 2 is 1.75 bits per heavy atom. The van der Waals surface area contributed by atoms with Crippen LogP contribution in [-0.4, -0.2) is 28.9 Å². The molecule has 2 fully saturated rings. The molecule has 1 heterocycles. The number of urea groups is 1. The van der Waals surface area contributed by atoms with E-state index in [0.717, 1.165) is 44.1 Å². The van der Waals surface area contributed by atoms with Crippen molar-refractivity contribution in [3.63, 3.8) is 0 Å². The summed E-state index contributed by atoms with van der Waals surface area (Å²) in [7, 11) is 0. The molecule has 106 valence electrons. The molecule has 1 aromatic rings. The van der Waals surface area contributed by atoms with Gasteiger partial charge in [-0.3, -0.25) is 9.69 Å². The van der Waals surface area contributed by atoms with Crippen molar-refractivity contribution in [2.24, 2.45) is 0 Å². The van der Waals surface area contributed by atoms with E-state index in [1.165, 1.54) is 4.90 Å². The number of hydrogen-bond donors (Lipinski definition) is 1. The number of amides is 3. The Morgan fingerprint density at radius 3 is 2.45 bits per heavy atom. The second-order valence-corrected chi connectivity index (χ2v) is 5.77. The van der Waals surface area contributed by atoms with E-state index in [1.54, 1.807) is 0 Å². The largest absolute Gasteiger partial charge is 0.325 e. The lowest BCUT2D eigenvalue weighted by atomic mass is 9.82. The first-order chi connectivity index (χ1) is 9.71. The predicted octanol–water partition coefficient (Wildman–Crippen LogP) is 2.48. The minimum Gasteiger partial charge on any atom is -0.323 e. The molecule has 1 spiro atoms. The third-order valence-electron chi connectivity index (χ3n) is 4.42. The number of nitrogens with one attached hydrogen (secondary N) is 1. The molecule has 1 aliphatic carbocycles. The SMILES string of the molecule is O=C1NC2(CCCCC2)C(=O)N1CCc1ccccc1. The molecular weight excluding hydrogens is 252 g/mol. The molecule has 0 radical (unpaired) electrons. The Morgan fingerprint density at radius 1 is 1.05 bits per heavy atom. The van der Waals surface area contributed by atoms with Gasteiger partial charge < -0.3 is 5.32 Å². The van der Waals surface area contributed by atoms with Gasteiger partial charge in [-0.05, 0) is 24.8 Å². The Hall–Kier alpha value is -1.84. The van der Waals surface area contributed by atoms with E-state index in [-0.39, 0.29) is 11.9 Å². The quantitative estimate of drug-likeness (QED) is 0.859. The summed E-state index contributed by atoms with van der Waals surface area (Å²) >= 11 is 0. The van der Waals surface area contributed by atoms with Crippen LogP contribution in [0.4, 0.5) is 4.79 Å². The Balaban J connectivity index is 1.68. The van der Waals surface area contributed by atoms with Crippen LogP contribution >= 0.6 is 0 Å². The molecule has 20 heavy (non-hydrogen) atoms.